The molecular weight excluding hydrogens is 456 g/mol. The molecule has 1 aliphatic rings. The van der Waals surface area contributed by atoms with Crippen LogP contribution in [0.4, 0.5) is 10.5 Å². The van der Waals surface area contributed by atoms with Crippen LogP contribution in [0.2, 0.25) is 0 Å². The number of nitrogens with zero attached hydrogens (tertiary/aromatic N) is 1. The highest BCUT2D eigenvalue weighted by molar-refractivity contribution is 9.10. The first-order chi connectivity index (χ1) is 14.0. The molecule has 6 nitrogen and oxygen atoms in total. The average Bonchev–Trinajstić information content (AvgIpc) is 3.05. The van der Waals surface area contributed by atoms with Gasteiger partial charge < -0.3 is 4.42 Å². The Morgan fingerprint density at radius 1 is 0.966 bits per heavy atom. The molecule has 144 valence electrons. The summed E-state index contributed by atoms with van der Waals surface area (Å²) in [5.74, 6) is -1.16. The lowest BCUT2D eigenvalue weighted by Crippen LogP contribution is -2.54. The number of rotatable bonds is 4. The van der Waals surface area contributed by atoms with E-state index < -0.39 is 17.8 Å². The standard InChI is InChI=1S/C21H13BrN2O4S/c22-17-12-14(28-20(17)29-15-9-5-2-6-10-15)11-16-18(25)23-21(27)24(19(16)26)13-7-3-1-4-8-13/h1-12H,(H,23,25,27)/b16-11+. The second kappa shape index (κ2) is 8.10. The molecule has 3 aromatic rings. The minimum atomic E-state index is -0.788. The first-order valence-electron chi connectivity index (χ1n) is 8.51. The number of para-hydroxylation sites is 1. The Labute approximate surface area is 178 Å². The van der Waals surface area contributed by atoms with Crippen LogP contribution in [0.5, 0.6) is 0 Å². The third kappa shape index (κ3) is 4.03. The van der Waals surface area contributed by atoms with E-state index in [0.29, 0.717) is 21.0 Å². The van der Waals surface area contributed by atoms with Crippen molar-refractivity contribution in [2.24, 2.45) is 0 Å². The van der Waals surface area contributed by atoms with E-state index in [0.717, 1.165) is 9.80 Å². The minimum Gasteiger partial charge on any atom is -0.449 e. The third-order valence-corrected chi connectivity index (χ3v) is 5.88. The Morgan fingerprint density at radius 3 is 2.31 bits per heavy atom. The molecule has 0 bridgehead atoms. The van der Waals surface area contributed by atoms with E-state index in [1.807, 2.05) is 30.3 Å². The van der Waals surface area contributed by atoms with E-state index in [1.165, 1.54) is 17.8 Å². The lowest BCUT2D eigenvalue weighted by atomic mass is 10.1. The van der Waals surface area contributed by atoms with Crippen LogP contribution >= 0.6 is 27.7 Å². The van der Waals surface area contributed by atoms with E-state index >= 15 is 0 Å². The Hall–Kier alpha value is -3.10. The third-order valence-electron chi connectivity index (χ3n) is 4.03. The molecule has 8 heteroatoms. The zero-order valence-corrected chi connectivity index (χ0v) is 17.2. The first-order valence-corrected chi connectivity index (χ1v) is 10.1. The number of benzene rings is 2. The molecule has 0 unspecified atom stereocenters. The second-order valence-corrected chi connectivity index (χ2v) is 7.89. The molecule has 0 radical (unpaired) electrons. The Morgan fingerprint density at radius 2 is 1.62 bits per heavy atom. The van der Waals surface area contributed by atoms with Gasteiger partial charge in [0.15, 0.2) is 5.09 Å². The van der Waals surface area contributed by atoms with Gasteiger partial charge in [-0.2, -0.15) is 0 Å². The minimum absolute atomic E-state index is 0.189. The SMILES string of the molecule is O=C1NC(=O)N(c2ccccc2)C(=O)/C1=C/c1cc(Br)c(Sc2ccccc2)o1. The second-order valence-electron chi connectivity index (χ2n) is 5.99. The molecule has 4 amide bonds. The number of nitrogens with one attached hydrogen (secondary N) is 1. The summed E-state index contributed by atoms with van der Waals surface area (Å²) in [6, 6.07) is 18.9. The van der Waals surface area contributed by atoms with Gasteiger partial charge in [0.05, 0.1) is 10.2 Å². The summed E-state index contributed by atoms with van der Waals surface area (Å²) in [6.45, 7) is 0. The number of amides is 4. The van der Waals surface area contributed by atoms with Crippen molar-refractivity contribution in [1.29, 1.82) is 0 Å². The van der Waals surface area contributed by atoms with Gasteiger partial charge in [-0.15, -0.1) is 0 Å². The van der Waals surface area contributed by atoms with Crippen LogP contribution in [-0.4, -0.2) is 17.8 Å². The Kier molecular flexibility index (Phi) is 5.37. The van der Waals surface area contributed by atoms with Gasteiger partial charge in [-0.1, -0.05) is 48.2 Å². The molecule has 4 rings (SSSR count). The van der Waals surface area contributed by atoms with Crippen LogP contribution < -0.4 is 10.2 Å². The zero-order chi connectivity index (χ0) is 20.4. The molecule has 29 heavy (non-hydrogen) atoms. The molecule has 1 aliphatic heterocycles. The van der Waals surface area contributed by atoms with Gasteiger partial charge in [0.25, 0.3) is 11.8 Å². The summed E-state index contributed by atoms with van der Waals surface area (Å²) < 4.78 is 6.48. The monoisotopic (exact) mass is 468 g/mol. The van der Waals surface area contributed by atoms with Crippen LogP contribution in [0.3, 0.4) is 0 Å². The number of barbiturate groups is 1. The van der Waals surface area contributed by atoms with Crippen molar-refractivity contribution in [1.82, 2.24) is 5.32 Å². The van der Waals surface area contributed by atoms with E-state index in [-0.39, 0.29) is 5.57 Å². The van der Waals surface area contributed by atoms with Gasteiger partial charge in [0.1, 0.15) is 11.3 Å². The molecule has 0 atom stereocenters. The number of halogens is 1. The highest BCUT2D eigenvalue weighted by Gasteiger charge is 2.37. The summed E-state index contributed by atoms with van der Waals surface area (Å²) >= 11 is 4.84. The molecule has 1 fully saturated rings. The van der Waals surface area contributed by atoms with Gasteiger partial charge in [-0.25, -0.2) is 9.69 Å². The maximum Gasteiger partial charge on any atom is 0.335 e. The fourth-order valence-electron chi connectivity index (χ4n) is 2.72. The largest absolute Gasteiger partial charge is 0.449 e. The molecule has 0 spiro atoms. The van der Waals surface area contributed by atoms with Crippen LogP contribution in [0, 0.1) is 0 Å². The van der Waals surface area contributed by atoms with Crippen LogP contribution in [0.25, 0.3) is 6.08 Å². The quantitative estimate of drug-likeness (QED) is 0.436. The van der Waals surface area contributed by atoms with Gasteiger partial charge >= 0.3 is 6.03 Å². The van der Waals surface area contributed by atoms with Crippen molar-refractivity contribution in [3.05, 3.63) is 82.5 Å². The van der Waals surface area contributed by atoms with Gasteiger partial charge in [-0.05, 0) is 52.3 Å². The van der Waals surface area contributed by atoms with Gasteiger partial charge in [0.2, 0.25) is 0 Å². The number of hydrogen-bond acceptors (Lipinski definition) is 5. The molecule has 0 saturated carbocycles. The highest BCUT2D eigenvalue weighted by Crippen LogP contribution is 2.36. The molecule has 2 heterocycles. The van der Waals surface area contributed by atoms with Crippen LogP contribution in [0.1, 0.15) is 5.76 Å². The summed E-state index contributed by atoms with van der Waals surface area (Å²) in [5, 5.41) is 2.78. The van der Waals surface area contributed by atoms with Crippen molar-refractivity contribution in [2.45, 2.75) is 9.99 Å². The predicted molar refractivity (Wildman–Crippen MR) is 112 cm³/mol. The van der Waals surface area contributed by atoms with Crippen molar-refractivity contribution in [3.8, 4) is 0 Å². The maximum absolute atomic E-state index is 12.9. The maximum atomic E-state index is 12.9. The molecule has 1 aromatic heterocycles. The molecule has 1 N–H and O–H groups in total. The van der Waals surface area contributed by atoms with Crippen LogP contribution in [0.15, 0.2) is 91.2 Å². The van der Waals surface area contributed by atoms with E-state index in [2.05, 4.69) is 21.2 Å². The molecular formula is C21H13BrN2O4S. The lowest BCUT2D eigenvalue weighted by molar-refractivity contribution is -0.122. The van der Waals surface area contributed by atoms with E-state index in [9.17, 15) is 14.4 Å². The number of hydrogen-bond donors (Lipinski definition) is 1. The summed E-state index contributed by atoms with van der Waals surface area (Å²) in [5.41, 5.74) is 0.181. The Bertz CT molecular complexity index is 1130. The summed E-state index contributed by atoms with van der Waals surface area (Å²) in [4.78, 5) is 39.2. The van der Waals surface area contributed by atoms with Crippen molar-refractivity contribution >= 4 is 57.3 Å². The number of imide groups is 2. The van der Waals surface area contributed by atoms with Crippen molar-refractivity contribution in [3.63, 3.8) is 0 Å². The van der Waals surface area contributed by atoms with Crippen molar-refractivity contribution in [2.75, 3.05) is 4.90 Å². The molecule has 2 aromatic carbocycles. The number of anilines is 1. The number of carbonyl (C=O) groups is 3. The van der Waals surface area contributed by atoms with Crippen molar-refractivity contribution < 1.29 is 18.8 Å². The highest BCUT2D eigenvalue weighted by atomic mass is 79.9. The van der Waals surface area contributed by atoms with E-state index in [4.69, 9.17) is 4.42 Å². The fraction of sp³-hybridized carbons (Fsp3) is 0. The van der Waals surface area contributed by atoms with Gasteiger partial charge in [0, 0.05) is 4.90 Å². The smallest absolute Gasteiger partial charge is 0.335 e. The predicted octanol–water partition coefficient (Wildman–Crippen LogP) is 4.86. The molecule has 0 aliphatic carbocycles. The summed E-state index contributed by atoms with van der Waals surface area (Å²) in [7, 11) is 0. The normalized spacial score (nSPS) is 15.7. The number of urea groups is 1. The molecule has 1 saturated heterocycles. The van der Waals surface area contributed by atoms with E-state index in [1.54, 1.807) is 36.4 Å². The summed E-state index contributed by atoms with van der Waals surface area (Å²) in [6.07, 6.45) is 1.33. The fourth-order valence-corrected chi connectivity index (χ4v) is 4.07. The van der Waals surface area contributed by atoms with Crippen LogP contribution in [-0.2, 0) is 9.59 Å². The van der Waals surface area contributed by atoms with Gasteiger partial charge in [-0.3, -0.25) is 14.9 Å². The zero-order valence-electron chi connectivity index (χ0n) is 14.8. The lowest BCUT2D eigenvalue weighted by Gasteiger charge is -2.26. The first kappa shape index (κ1) is 19.2. The Balaban J connectivity index is 1.65. The average molecular weight is 469 g/mol. The number of carbonyl (C=O) groups excluding carboxylic acids is 3. The number of furan rings is 1. The topological polar surface area (TPSA) is 79.6 Å².